The number of nitrogens with two attached hydrogens (primary N) is 1. The van der Waals surface area contributed by atoms with Crippen LogP contribution < -0.4 is 11.3 Å². The third-order valence-electron chi connectivity index (χ3n) is 1.36. The van der Waals surface area contributed by atoms with E-state index in [4.69, 9.17) is 5.73 Å². The third-order valence-corrected chi connectivity index (χ3v) is 1.36. The average molecular weight is 355 g/mol. The summed E-state index contributed by atoms with van der Waals surface area (Å²) < 4.78 is 0. The smallest absolute Gasteiger partial charge is 0.280 e. The molecule has 8 heteroatoms. The van der Waals surface area contributed by atoms with Crippen LogP contribution in [0.2, 0.25) is 0 Å². The van der Waals surface area contributed by atoms with E-state index in [0.717, 1.165) is 0 Å². The first-order valence-corrected chi connectivity index (χ1v) is 3.24. The van der Waals surface area contributed by atoms with Crippen LogP contribution in [0, 0.1) is 0 Å². The fourth-order valence-corrected chi connectivity index (χ4v) is 0.890. The fourth-order valence-electron chi connectivity index (χ4n) is 0.890. The molecule has 72 valence electrons. The van der Waals surface area contributed by atoms with Crippen molar-refractivity contribution in [3.05, 3.63) is 22.7 Å². The van der Waals surface area contributed by atoms with E-state index in [1.54, 1.807) is 0 Å². The Hall–Kier alpha value is -0.603. The van der Waals surface area contributed by atoms with Crippen LogP contribution in [0.25, 0.3) is 11.2 Å². The van der Waals surface area contributed by atoms with Crippen LogP contribution in [-0.2, 0) is 42.1 Å². The van der Waals surface area contributed by atoms with Gasteiger partial charge in [-0.2, -0.15) is 4.98 Å². The van der Waals surface area contributed by atoms with Gasteiger partial charge in [0.25, 0.3) is 5.56 Å². The van der Waals surface area contributed by atoms with Gasteiger partial charge in [0.2, 0.25) is 5.95 Å². The van der Waals surface area contributed by atoms with Gasteiger partial charge in [0.15, 0.2) is 11.2 Å². The number of nitrogen functional groups attached to an aromatic ring is 1. The van der Waals surface area contributed by atoms with Crippen LogP contribution in [0.3, 0.4) is 0 Å². The molecular formula is C6H5Mo2N5O. The molecule has 0 aliphatic carbocycles. The van der Waals surface area contributed by atoms with Crippen molar-refractivity contribution in [3.63, 3.8) is 0 Å². The van der Waals surface area contributed by atoms with Crippen molar-refractivity contribution >= 4 is 17.1 Å². The summed E-state index contributed by atoms with van der Waals surface area (Å²) in [5, 5.41) is 0. The van der Waals surface area contributed by atoms with Crippen LogP contribution in [0.4, 0.5) is 5.95 Å². The van der Waals surface area contributed by atoms with Crippen molar-refractivity contribution in [2.45, 2.75) is 0 Å². The molecular weight excluding hydrogens is 350 g/mol. The fraction of sp³-hybridized carbons (Fsp3) is 0. The normalized spacial score (nSPS) is 8.86. The predicted octanol–water partition coefficient (Wildman–Crippen LogP) is -0.710. The van der Waals surface area contributed by atoms with E-state index in [1.165, 1.54) is 12.4 Å². The molecule has 0 amide bonds. The first-order valence-electron chi connectivity index (χ1n) is 3.24. The van der Waals surface area contributed by atoms with Gasteiger partial charge in [0.1, 0.15) is 0 Å². The molecule has 2 aromatic rings. The number of rotatable bonds is 0. The van der Waals surface area contributed by atoms with Gasteiger partial charge in [-0.25, -0.2) is 9.97 Å². The second-order valence-corrected chi connectivity index (χ2v) is 2.18. The first-order chi connectivity index (χ1) is 5.77. The Morgan fingerprint density at radius 3 is 2.57 bits per heavy atom. The Morgan fingerprint density at radius 1 is 1.21 bits per heavy atom. The minimum Gasteiger partial charge on any atom is -0.369 e. The molecule has 2 rings (SSSR count). The number of anilines is 1. The molecule has 0 bridgehead atoms. The molecule has 0 saturated heterocycles. The van der Waals surface area contributed by atoms with Crippen molar-refractivity contribution in [1.82, 2.24) is 19.9 Å². The standard InChI is InChI=1S/C6H5N5O.2Mo/c7-6-10-4-3(5(12)11-6)8-1-2-9-4;;/h1-2H,(H3,7,9,10,11,12);;. The van der Waals surface area contributed by atoms with E-state index < -0.39 is 0 Å². The Kier molecular flexibility index (Phi) is 5.09. The van der Waals surface area contributed by atoms with Gasteiger partial charge >= 0.3 is 0 Å². The minimum atomic E-state index is -0.370. The molecule has 2 heterocycles. The summed E-state index contributed by atoms with van der Waals surface area (Å²) in [6.45, 7) is 0. The van der Waals surface area contributed by atoms with E-state index >= 15 is 0 Å². The van der Waals surface area contributed by atoms with Crippen LogP contribution in [0.15, 0.2) is 17.2 Å². The van der Waals surface area contributed by atoms with E-state index in [2.05, 4.69) is 19.9 Å². The molecule has 6 nitrogen and oxygen atoms in total. The second kappa shape index (κ2) is 5.32. The van der Waals surface area contributed by atoms with E-state index in [0.29, 0.717) is 0 Å². The second-order valence-electron chi connectivity index (χ2n) is 2.18. The van der Waals surface area contributed by atoms with E-state index in [-0.39, 0.29) is 64.8 Å². The van der Waals surface area contributed by atoms with Crippen molar-refractivity contribution in [1.29, 1.82) is 0 Å². The van der Waals surface area contributed by atoms with Gasteiger partial charge in [-0.05, 0) is 0 Å². The molecule has 0 saturated carbocycles. The number of aromatic amines is 1. The van der Waals surface area contributed by atoms with Crippen LogP contribution in [0.5, 0.6) is 0 Å². The number of nitrogens with zero attached hydrogens (tertiary/aromatic N) is 3. The minimum absolute atomic E-state index is 0. The Bertz CT molecular complexity index is 485. The molecule has 0 aliphatic heterocycles. The summed E-state index contributed by atoms with van der Waals surface area (Å²) in [5.41, 5.74) is 5.38. The number of hydrogen-bond donors (Lipinski definition) is 2. The maximum Gasteiger partial charge on any atom is 0.280 e. The molecule has 0 atom stereocenters. The average Bonchev–Trinajstić information content (AvgIpc) is 2.04. The zero-order chi connectivity index (χ0) is 8.55. The largest absolute Gasteiger partial charge is 0.369 e. The molecule has 0 aliphatic rings. The maximum absolute atomic E-state index is 11.1. The number of fused-ring (bicyclic) bond motifs is 1. The van der Waals surface area contributed by atoms with Crippen molar-refractivity contribution in [2.75, 3.05) is 5.73 Å². The van der Waals surface area contributed by atoms with Gasteiger partial charge in [0.05, 0.1) is 0 Å². The van der Waals surface area contributed by atoms with Gasteiger partial charge in [-0.3, -0.25) is 9.78 Å². The summed E-state index contributed by atoms with van der Waals surface area (Å²) in [7, 11) is 0. The number of nitrogens with one attached hydrogen (secondary N) is 1. The van der Waals surface area contributed by atoms with Crippen molar-refractivity contribution in [2.24, 2.45) is 0 Å². The third kappa shape index (κ3) is 2.46. The molecule has 2 aromatic heterocycles. The zero-order valence-electron chi connectivity index (χ0n) is 6.80. The topological polar surface area (TPSA) is 97.5 Å². The number of aromatic nitrogens is 4. The monoisotopic (exact) mass is 359 g/mol. The Morgan fingerprint density at radius 2 is 1.86 bits per heavy atom. The van der Waals surface area contributed by atoms with Crippen molar-refractivity contribution in [3.8, 4) is 0 Å². The van der Waals surface area contributed by atoms with Crippen LogP contribution in [-0.4, -0.2) is 19.9 Å². The quantitative estimate of drug-likeness (QED) is 0.609. The number of H-pyrrole nitrogens is 1. The van der Waals surface area contributed by atoms with E-state index in [1.807, 2.05) is 0 Å². The van der Waals surface area contributed by atoms with Crippen molar-refractivity contribution < 1.29 is 42.1 Å². The van der Waals surface area contributed by atoms with Gasteiger partial charge in [-0.1, -0.05) is 0 Å². The summed E-state index contributed by atoms with van der Waals surface area (Å²) >= 11 is 0. The Balaban J connectivity index is 0.000000845. The maximum atomic E-state index is 11.1. The van der Waals surface area contributed by atoms with Crippen LogP contribution in [0.1, 0.15) is 0 Å². The van der Waals surface area contributed by atoms with E-state index in [9.17, 15) is 4.79 Å². The molecule has 0 spiro atoms. The van der Waals surface area contributed by atoms with Gasteiger partial charge in [0, 0.05) is 54.5 Å². The van der Waals surface area contributed by atoms with Crippen LogP contribution >= 0.6 is 0 Å². The zero-order valence-corrected chi connectivity index (χ0v) is 10.8. The Labute approximate surface area is 107 Å². The number of hydrogen-bond acceptors (Lipinski definition) is 5. The molecule has 14 heavy (non-hydrogen) atoms. The summed E-state index contributed by atoms with van der Waals surface area (Å²) in [4.78, 5) is 24.9. The molecule has 0 radical (unpaired) electrons. The van der Waals surface area contributed by atoms with Gasteiger partial charge < -0.3 is 5.73 Å². The summed E-state index contributed by atoms with van der Waals surface area (Å²) in [6.07, 6.45) is 2.88. The predicted molar refractivity (Wildman–Crippen MR) is 42.4 cm³/mol. The summed E-state index contributed by atoms with van der Waals surface area (Å²) in [5.74, 6) is 0.0491. The molecule has 0 fully saturated rings. The first kappa shape index (κ1) is 13.4. The molecule has 3 N–H and O–H groups in total. The molecule has 0 aromatic carbocycles. The summed E-state index contributed by atoms with van der Waals surface area (Å²) in [6, 6.07) is 0. The SMILES string of the molecule is Nc1nc2nccnc2c(=O)[nH]1.[Mo].[Mo]. The van der Waals surface area contributed by atoms with Gasteiger partial charge in [-0.15, -0.1) is 0 Å². The molecule has 0 unspecified atom stereocenters.